The third-order valence-corrected chi connectivity index (χ3v) is 4.63. The van der Waals surface area contributed by atoms with E-state index in [0.717, 1.165) is 11.1 Å². The second kappa shape index (κ2) is 8.27. The molecule has 0 radical (unpaired) electrons. The van der Waals surface area contributed by atoms with Gasteiger partial charge in [0, 0.05) is 6.07 Å². The SMILES string of the molecule is COC(=O)C(C)(Cc1ccc(Oc2cc(Cl)nc(N)n2)cc1)c1ccccc1. The minimum absolute atomic E-state index is 0.0378. The van der Waals surface area contributed by atoms with Crippen molar-refractivity contribution in [3.05, 3.63) is 76.9 Å². The number of anilines is 1. The summed E-state index contributed by atoms with van der Waals surface area (Å²) in [5.41, 5.74) is 6.63. The average molecular weight is 398 g/mol. The van der Waals surface area contributed by atoms with Crippen molar-refractivity contribution in [3.8, 4) is 11.6 Å². The Morgan fingerprint density at radius 3 is 2.39 bits per heavy atom. The second-order valence-electron chi connectivity index (χ2n) is 6.50. The molecule has 0 aliphatic rings. The molecule has 0 aliphatic heterocycles. The van der Waals surface area contributed by atoms with E-state index in [4.69, 9.17) is 26.8 Å². The number of carbonyl (C=O) groups is 1. The van der Waals surface area contributed by atoms with Crippen molar-refractivity contribution < 1.29 is 14.3 Å². The van der Waals surface area contributed by atoms with Gasteiger partial charge in [0.1, 0.15) is 10.9 Å². The predicted octanol–water partition coefficient (Wildman–Crippen LogP) is 4.18. The van der Waals surface area contributed by atoms with Gasteiger partial charge < -0.3 is 15.2 Å². The van der Waals surface area contributed by atoms with Gasteiger partial charge in [-0.1, -0.05) is 54.1 Å². The molecule has 144 valence electrons. The summed E-state index contributed by atoms with van der Waals surface area (Å²) in [7, 11) is 1.40. The Kier molecular flexibility index (Phi) is 5.80. The van der Waals surface area contributed by atoms with Crippen LogP contribution in [0.25, 0.3) is 0 Å². The number of rotatable bonds is 6. The summed E-state index contributed by atoms with van der Waals surface area (Å²) in [4.78, 5) is 20.3. The number of halogens is 1. The number of aromatic nitrogens is 2. The van der Waals surface area contributed by atoms with Crippen molar-refractivity contribution in [2.45, 2.75) is 18.8 Å². The summed E-state index contributed by atoms with van der Waals surface area (Å²) >= 11 is 5.86. The van der Waals surface area contributed by atoms with Crippen molar-refractivity contribution in [1.29, 1.82) is 0 Å². The molecule has 7 heteroatoms. The lowest BCUT2D eigenvalue weighted by Crippen LogP contribution is -2.36. The van der Waals surface area contributed by atoms with Crippen molar-refractivity contribution in [2.75, 3.05) is 12.8 Å². The van der Waals surface area contributed by atoms with Crippen LogP contribution < -0.4 is 10.5 Å². The molecular formula is C21H20ClN3O3. The fourth-order valence-corrected chi connectivity index (χ4v) is 3.17. The van der Waals surface area contributed by atoms with Crippen LogP contribution in [0.3, 0.4) is 0 Å². The van der Waals surface area contributed by atoms with E-state index < -0.39 is 5.41 Å². The second-order valence-corrected chi connectivity index (χ2v) is 6.89. The molecule has 0 spiro atoms. The van der Waals surface area contributed by atoms with E-state index in [0.29, 0.717) is 12.2 Å². The summed E-state index contributed by atoms with van der Waals surface area (Å²) in [6.07, 6.45) is 0.482. The van der Waals surface area contributed by atoms with Crippen LogP contribution in [0.2, 0.25) is 5.15 Å². The lowest BCUT2D eigenvalue weighted by Gasteiger charge is -2.27. The summed E-state index contributed by atoms with van der Waals surface area (Å²) in [5.74, 6) is 0.576. The van der Waals surface area contributed by atoms with E-state index in [1.54, 1.807) is 12.1 Å². The van der Waals surface area contributed by atoms with E-state index in [1.165, 1.54) is 13.2 Å². The van der Waals surface area contributed by atoms with E-state index in [1.807, 2.05) is 49.4 Å². The third kappa shape index (κ3) is 4.40. The molecule has 1 heterocycles. The van der Waals surface area contributed by atoms with Crippen molar-refractivity contribution >= 4 is 23.5 Å². The number of nitrogens with two attached hydrogens (primary N) is 1. The Labute approximate surface area is 168 Å². The van der Waals surface area contributed by atoms with Gasteiger partial charge in [-0.3, -0.25) is 4.79 Å². The Balaban J connectivity index is 1.81. The maximum atomic E-state index is 12.5. The van der Waals surface area contributed by atoms with Gasteiger partial charge in [0.2, 0.25) is 11.8 Å². The van der Waals surface area contributed by atoms with Crippen LogP contribution in [0.1, 0.15) is 18.1 Å². The Bertz CT molecular complexity index is 944. The molecule has 6 nitrogen and oxygen atoms in total. The number of methoxy groups -OCH3 is 1. The normalized spacial score (nSPS) is 12.8. The molecular weight excluding hydrogens is 378 g/mol. The summed E-state index contributed by atoms with van der Waals surface area (Å²) in [6.45, 7) is 1.88. The van der Waals surface area contributed by atoms with Gasteiger partial charge in [-0.25, -0.2) is 4.98 Å². The first-order chi connectivity index (χ1) is 13.4. The van der Waals surface area contributed by atoms with Gasteiger partial charge in [0.25, 0.3) is 0 Å². The molecule has 0 aliphatic carbocycles. The highest BCUT2D eigenvalue weighted by molar-refractivity contribution is 6.29. The molecule has 0 saturated heterocycles. The number of hydrogen-bond acceptors (Lipinski definition) is 6. The number of carbonyl (C=O) groups excluding carboxylic acids is 1. The van der Waals surface area contributed by atoms with Crippen molar-refractivity contribution in [3.63, 3.8) is 0 Å². The van der Waals surface area contributed by atoms with Crippen molar-refractivity contribution in [1.82, 2.24) is 9.97 Å². The smallest absolute Gasteiger partial charge is 0.316 e. The van der Waals surface area contributed by atoms with Gasteiger partial charge in [0.15, 0.2) is 0 Å². The van der Waals surface area contributed by atoms with Gasteiger partial charge >= 0.3 is 5.97 Å². The number of nitrogens with zero attached hydrogens (tertiary/aromatic N) is 2. The van der Waals surface area contributed by atoms with Crippen molar-refractivity contribution in [2.24, 2.45) is 0 Å². The quantitative estimate of drug-likeness (QED) is 0.496. The number of ether oxygens (including phenoxy) is 2. The monoisotopic (exact) mass is 397 g/mol. The van der Waals surface area contributed by atoms with E-state index >= 15 is 0 Å². The van der Waals surface area contributed by atoms with Gasteiger partial charge in [-0.05, 0) is 36.6 Å². The first-order valence-electron chi connectivity index (χ1n) is 8.61. The van der Waals surface area contributed by atoms with E-state index in [2.05, 4.69) is 9.97 Å². The highest BCUT2D eigenvalue weighted by atomic mass is 35.5. The molecule has 28 heavy (non-hydrogen) atoms. The average Bonchev–Trinajstić information content (AvgIpc) is 2.68. The standard InChI is InChI=1S/C21H20ClN3O3/c1-21(19(26)27-2,15-6-4-3-5-7-15)13-14-8-10-16(11-9-14)28-18-12-17(22)24-20(23)25-18/h3-12H,13H2,1-2H3,(H2,23,24,25). The minimum Gasteiger partial charge on any atom is -0.468 e. The van der Waals surface area contributed by atoms with Gasteiger partial charge in [-0.2, -0.15) is 4.98 Å². The summed E-state index contributed by atoms with van der Waals surface area (Å²) in [5, 5.41) is 0.204. The molecule has 0 fully saturated rings. The highest BCUT2D eigenvalue weighted by Gasteiger charge is 2.36. The zero-order chi connectivity index (χ0) is 20.1. The summed E-state index contributed by atoms with van der Waals surface area (Å²) in [6, 6.07) is 18.5. The number of esters is 1. The van der Waals surface area contributed by atoms with Crippen LogP contribution in [0.5, 0.6) is 11.6 Å². The predicted molar refractivity (Wildman–Crippen MR) is 107 cm³/mol. The fourth-order valence-electron chi connectivity index (χ4n) is 2.99. The van der Waals surface area contributed by atoms with Crippen LogP contribution in [-0.2, 0) is 21.4 Å². The third-order valence-electron chi connectivity index (χ3n) is 4.44. The molecule has 1 aromatic heterocycles. The maximum absolute atomic E-state index is 12.5. The molecule has 2 aromatic carbocycles. The molecule has 0 amide bonds. The molecule has 3 aromatic rings. The Hall–Kier alpha value is -3.12. The largest absolute Gasteiger partial charge is 0.468 e. The Morgan fingerprint density at radius 1 is 1.11 bits per heavy atom. The first-order valence-corrected chi connectivity index (χ1v) is 8.99. The van der Waals surface area contributed by atoms with E-state index in [-0.39, 0.29) is 23.0 Å². The van der Waals surface area contributed by atoms with Gasteiger partial charge in [0.05, 0.1) is 12.5 Å². The van der Waals surface area contributed by atoms with Crippen LogP contribution in [-0.4, -0.2) is 23.0 Å². The fraction of sp³-hybridized carbons (Fsp3) is 0.190. The van der Waals surface area contributed by atoms with Crippen LogP contribution in [0.4, 0.5) is 5.95 Å². The van der Waals surface area contributed by atoms with Gasteiger partial charge in [-0.15, -0.1) is 0 Å². The summed E-state index contributed by atoms with van der Waals surface area (Å²) < 4.78 is 10.7. The zero-order valence-electron chi connectivity index (χ0n) is 15.6. The maximum Gasteiger partial charge on any atom is 0.316 e. The van der Waals surface area contributed by atoms with Crippen LogP contribution >= 0.6 is 11.6 Å². The highest BCUT2D eigenvalue weighted by Crippen LogP contribution is 2.31. The molecule has 0 saturated carbocycles. The lowest BCUT2D eigenvalue weighted by molar-refractivity contribution is -0.146. The molecule has 2 N–H and O–H groups in total. The lowest BCUT2D eigenvalue weighted by atomic mass is 9.77. The number of hydrogen-bond donors (Lipinski definition) is 1. The zero-order valence-corrected chi connectivity index (χ0v) is 16.3. The first kappa shape index (κ1) is 19.6. The topological polar surface area (TPSA) is 87.3 Å². The minimum atomic E-state index is -0.799. The number of nitrogen functional groups attached to an aromatic ring is 1. The van der Waals surface area contributed by atoms with E-state index in [9.17, 15) is 4.79 Å². The Morgan fingerprint density at radius 2 is 1.79 bits per heavy atom. The number of benzene rings is 2. The molecule has 3 rings (SSSR count). The molecule has 1 atom stereocenters. The molecule has 1 unspecified atom stereocenters. The van der Waals surface area contributed by atoms with Crippen LogP contribution in [0.15, 0.2) is 60.7 Å². The van der Waals surface area contributed by atoms with Crippen LogP contribution in [0, 0.1) is 0 Å². The molecule has 0 bridgehead atoms.